The quantitative estimate of drug-likeness (QED) is 0.929. The Bertz CT molecular complexity index is 672. The molecule has 0 aliphatic carbocycles. The number of carbonyl (C=O) groups excluding carboxylic acids is 1. The Morgan fingerprint density at radius 3 is 2.75 bits per heavy atom. The highest BCUT2D eigenvalue weighted by Gasteiger charge is 2.35. The Morgan fingerprint density at radius 2 is 2.15 bits per heavy atom. The molecule has 0 aliphatic rings. The molecule has 0 radical (unpaired) electrons. The zero-order valence-electron chi connectivity index (χ0n) is 11.9. The van der Waals surface area contributed by atoms with E-state index in [0.29, 0.717) is 0 Å². The van der Waals surface area contributed by atoms with Crippen molar-refractivity contribution in [3.8, 4) is 0 Å². The fourth-order valence-corrected chi connectivity index (χ4v) is 2.72. The highest BCUT2D eigenvalue weighted by atomic mass is 32.1. The number of hydrogen-bond donors (Lipinski definition) is 1. The number of carboxylic acid groups (broad SMARTS) is 1. The molecular weight excluding hydrogens is 278 g/mol. The van der Waals surface area contributed by atoms with Crippen molar-refractivity contribution in [2.75, 3.05) is 7.05 Å². The highest BCUT2D eigenvalue weighted by molar-refractivity contribution is 7.15. The van der Waals surface area contributed by atoms with E-state index < -0.39 is 11.5 Å². The van der Waals surface area contributed by atoms with E-state index in [9.17, 15) is 9.59 Å². The lowest BCUT2D eigenvalue weighted by molar-refractivity contribution is -0.155. The monoisotopic (exact) mass is 295 g/mol. The second-order valence-electron chi connectivity index (χ2n) is 5.26. The molecule has 2 aromatic heterocycles. The van der Waals surface area contributed by atoms with Gasteiger partial charge in [0.1, 0.15) is 5.54 Å². The maximum absolute atomic E-state index is 12.2. The number of amides is 1. The van der Waals surface area contributed by atoms with Crippen molar-refractivity contribution in [2.45, 2.75) is 32.7 Å². The average molecular weight is 295 g/mol. The number of aromatic nitrogens is 2. The number of rotatable bonds is 4. The molecule has 7 heteroatoms. The van der Waals surface area contributed by atoms with E-state index in [1.165, 1.54) is 37.1 Å². The Morgan fingerprint density at radius 1 is 1.50 bits per heavy atom. The predicted octanol–water partition coefficient (Wildman–Crippen LogP) is 1.57. The standard InChI is InChI=1S/C13H17N3O3S/c1-8-6-16-9(7-20-12(16)14-8)5-10(17)15(4)13(2,3)11(18)19/h6-7H,5H2,1-4H3,(H,18,19). The van der Waals surface area contributed by atoms with E-state index in [1.807, 2.05) is 22.9 Å². The summed E-state index contributed by atoms with van der Waals surface area (Å²) in [5.41, 5.74) is 0.491. The number of fused-ring (bicyclic) bond motifs is 1. The number of aliphatic carboxylic acids is 1. The fourth-order valence-electron chi connectivity index (χ4n) is 1.80. The third kappa shape index (κ3) is 2.40. The number of hydrogen-bond acceptors (Lipinski definition) is 4. The van der Waals surface area contributed by atoms with Crippen molar-refractivity contribution in [3.63, 3.8) is 0 Å². The molecule has 1 amide bonds. The number of carboxylic acids is 1. The van der Waals surface area contributed by atoms with Crippen LogP contribution in [0.1, 0.15) is 25.2 Å². The average Bonchev–Trinajstić information content (AvgIpc) is 2.88. The molecule has 0 saturated carbocycles. The molecule has 0 aliphatic heterocycles. The molecule has 108 valence electrons. The molecular formula is C13H17N3O3S. The topological polar surface area (TPSA) is 74.9 Å². The molecule has 0 unspecified atom stereocenters. The van der Waals surface area contributed by atoms with Crippen molar-refractivity contribution in [1.82, 2.24) is 14.3 Å². The first kappa shape index (κ1) is 14.5. The molecule has 2 heterocycles. The van der Waals surface area contributed by atoms with Crippen LogP contribution in [0.4, 0.5) is 0 Å². The molecule has 0 aromatic carbocycles. The van der Waals surface area contributed by atoms with Crippen molar-refractivity contribution >= 4 is 28.2 Å². The number of carbonyl (C=O) groups is 2. The van der Waals surface area contributed by atoms with Crippen LogP contribution in [0.2, 0.25) is 0 Å². The van der Waals surface area contributed by atoms with E-state index in [0.717, 1.165) is 16.3 Å². The van der Waals surface area contributed by atoms with Crippen LogP contribution in [0.15, 0.2) is 11.6 Å². The van der Waals surface area contributed by atoms with Crippen LogP contribution in [0.5, 0.6) is 0 Å². The van der Waals surface area contributed by atoms with Crippen LogP contribution in [-0.2, 0) is 16.0 Å². The minimum Gasteiger partial charge on any atom is -0.480 e. The number of imidazole rings is 1. The minimum atomic E-state index is -1.23. The van der Waals surface area contributed by atoms with Gasteiger partial charge in [0.25, 0.3) is 0 Å². The van der Waals surface area contributed by atoms with Gasteiger partial charge in [-0.3, -0.25) is 9.20 Å². The Balaban J connectivity index is 2.21. The maximum Gasteiger partial charge on any atom is 0.329 e. The van der Waals surface area contributed by atoms with Gasteiger partial charge < -0.3 is 10.0 Å². The lowest BCUT2D eigenvalue weighted by atomic mass is 10.0. The van der Waals surface area contributed by atoms with Gasteiger partial charge in [-0.2, -0.15) is 0 Å². The van der Waals surface area contributed by atoms with Gasteiger partial charge in [-0.05, 0) is 20.8 Å². The first-order chi connectivity index (χ1) is 9.23. The van der Waals surface area contributed by atoms with E-state index >= 15 is 0 Å². The lowest BCUT2D eigenvalue weighted by Gasteiger charge is -2.31. The van der Waals surface area contributed by atoms with Gasteiger partial charge in [0.05, 0.1) is 12.1 Å². The zero-order chi connectivity index (χ0) is 15.1. The third-order valence-electron chi connectivity index (χ3n) is 3.47. The molecule has 2 rings (SSSR count). The SMILES string of the molecule is Cc1cn2c(CC(=O)N(C)C(C)(C)C(=O)O)csc2n1. The molecule has 0 atom stereocenters. The summed E-state index contributed by atoms with van der Waals surface area (Å²) in [6.45, 7) is 4.92. The van der Waals surface area contributed by atoms with E-state index in [2.05, 4.69) is 4.98 Å². The summed E-state index contributed by atoms with van der Waals surface area (Å²) in [6, 6.07) is 0. The molecule has 6 nitrogen and oxygen atoms in total. The largest absolute Gasteiger partial charge is 0.480 e. The second kappa shape index (κ2) is 4.90. The summed E-state index contributed by atoms with van der Waals surface area (Å²) in [6.07, 6.45) is 2.03. The van der Waals surface area contributed by atoms with Gasteiger partial charge in [0.15, 0.2) is 4.96 Å². The number of aryl methyl sites for hydroxylation is 1. The van der Waals surface area contributed by atoms with Gasteiger partial charge in [0.2, 0.25) is 5.91 Å². The van der Waals surface area contributed by atoms with Crippen LogP contribution in [0, 0.1) is 6.92 Å². The van der Waals surface area contributed by atoms with E-state index in [-0.39, 0.29) is 12.3 Å². The summed E-state index contributed by atoms with van der Waals surface area (Å²) in [5, 5.41) is 11.0. The van der Waals surface area contributed by atoms with Crippen molar-refractivity contribution in [3.05, 3.63) is 23.0 Å². The van der Waals surface area contributed by atoms with Gasteiger partial charge in [-0.25, -0.2) is 9.78 Å². The lowest BCUT2D eigenvalue weighted by Crippen LogP contribution is -2.51. The number of thiazole rings is 1. The maximum atomic E-state index is 12.2. The van der Waals surface area contributed by atoms with Crippen LogP contribution in [-0.4, -0.2) is 43.9 Å². The van der Waals surface area contributed by atoms with Gasteiger partial charge in [-0.1, -0.05) is 0 Å². The van der Waals surface area contributed by atoms with Crippen LogP contribution < -0.4 is 0 Å². The van der Waals surface area contributed by atoms with Crippen LogP contribution in [0.3, 0.4) is 0 Å². The zero-order valence-corrected chi connectivity index (χ0v) is 12.7. The first-order valence-corrected chi connectivity index (χ1v) is 7.03. The molecule has 0 bridgehead atoms. The van der Waals surface area contributed by atoms with Crippen molar-refractivity contribution in [1.29, 1.82) is 0 Å². The van der Waals surface area contributed by atoms with Crippen LogP contribution >= 0.6 is 11.3 Å². The summed E-state index contributed by atoms with van der Waals surface area (Å²) < 4.78 is 1.87. The smallest absolute Gasteiger partial charge is 0.329 e. The summed E-state index contributed by atoms with van der Waals surface area (Å²) in [5.74, 6) is -1.26. The molecule has 1 N–H and O–H groups in total. The second-order valence-corrected chi connectivity index (χ2v) is 6.09. The first-order valence-electron chi connectivity index (χ1n) is 6.15. The predicted molar refractivity (Wildman–Crippen MR) is 76.0 cm³/mol. The molecule has 20 heavy (non-hydrogen) atoms. The van der Waals surface area contributed by atoms with Gasteiger partial charge in [0, 0.05) is 24.3 Å². The summed E-state index contributed by atoms with van der Waals surface area (Å²) >= 11 is 1.47. The summed E-state index contributed by atoms with van der Waals surface area (Å²) in [4.78, 5) is 29.9. The molecule has 0 saturated heterocycles. The van der Waals surface area contributed by atoms with E-state index in [4.69, 9.17) is 5.11 Å². The Labute approximate surface area is 120 Å². The van der Waals surface area contributed by atoms with Crippen molar-refractivity contribution in [2.24, 2.45) is 0 Å². The molecule has 0 fully saturated rings. The number of likely N-dealkylation sites (N-methyl/N-ethyl adjacent to an activating group) is 1. The Kier molecular flexibility index (Phi) is 3.56. The van der Waals surface area contributed by atoms with Crippen molar-refractivity contribution < 1.29 is 14.7 Å². The minimum absolute atomic E-state index is 0.156. The molecule has 2 aromatic rings. The van der Waals surface area contributed by atoms with Crippen LogP contribution in [0.25, 0.3) is 4.96 Å². The normalized spacial score (nSPS) is 11.8. The number of nitrogens with zero attached hydrogens (tertiary/aromatic N) is 3. The third-order valence-corrected chi connectivity index (χ3v) is 4.36. The molecule has 0 spiro atoms. The van der Waals surface area contributed by atoms with Gasteiger partial charge in [-0.15, -0.1) is 11.3 Å². The summed E-state index contributed by atoms with van der Waals surface area (Å²) in [7, 11) is 1.51. The van der Waals surface area contributed by atoms with E-state index in [1.54, 1.807) is 0 Å². The Hall–Kier alpha value is -1.89. The van der Waals surface area contributed by atoms with Gasteiger partial charge >= 0.3 is 5.97 Å². The highest BCUT2D eigenvalue weighted by Crippen LogP contribution is 2.19. The fraction of sp³-hybridized carbons (Fsp3) is 0.462.